The highest BCUT2D eigenvalue weighted by Crippen LogP contribution is 2.36. The maximum absolute atomic E-state index is 13.0. The lowest BCUT2D eigenvalue weighted by atomic mass is 10.1. The van der Waals surface area contributed by atoms with E-state index in [0.717, 1.165) is 37.3 Å². The molecule has 0 bridgehead atoms. The van der Waals surface area contributed by atoms with Crippen molar-refractivity contribution in [1.82, 2.24) is 30.2 Å². The zero-order chi connectivity index (χ0) is 26.7. The maximum atomic E-state index is 13.0. The molecule has 4 rings (SSSR count). The Labute approximate surface area is 213 Å². The van der Waals surface area contributed by atoms with E-state index >= 15 is 0 Å². The fourth-order valence-corrected chi connectivity index (χ4v) is 4.60. The molecule has 3 aromatic rings. The van der Waals surface area contributed by atoms with E-state index in [-0.39, 0.29) is 16.4 Å². The second-order valence-corrected chi connectivity index (χ2v) is 9.43. The van der Waals surface area contributed by atoms with Gasteiger partial charge in [-0.1, -0.05) is 0 Å². The number of anilines is 2. The van der Waals surface area contributed by atoms with Gasteiger partial charge in [0.2, 0.25) is 0 Å². The minimum absolute atomic E-state index is 0.0838. The Balaban J connectivity index is 1.44. The zero-order valence-corrected chi connectivity index (χ0v) is 20.4. The number of aromatic hydroxyl groups is 1. The summed E-state index contributed by atoms with van der Waals surface area (Å²) in [6, 6.07) is -0.0796. The van der Waals surface area contributed by atoms with Crippen LogP contribution in [0.3, 0.4) is 0 Å². The van der Waals surface area contributed by atoms with Crippen LogP contribution in [-0.4, -0.2) is 54.8 Å². The van der Waals surface area contributed by atoms with Gasteiger partial charge in [-0.05, 0) is 38.9 Å². The lowest BCUT2D eigenvalue weighted by molar-refractivity contribution is -0.138. The normalized spacial score (nSPS) is 14.9. The van der Waals surface area contributed by atoms with Crippen molar-refractivity contribution in [1.29, 1.82) is 0 Å². The second kappa shape index (κ2) is 10.6. The summed E-state index contributed by atoms with van der Waals surface area (Å²) in [7, 11) is 0. The molecule has 0 spiro atoms. The number of alkyl halides is 3. The van der Waals surface area contributed by atoms with Gasteiger partial charge in [-0.15, -0.1) is 11.3 Å². The van der Waals surface area contributed by atoms with E-state index in [9.17, 15) is 27.9 Å². The average Bonchev–Trinajstić information content (AvgIpc) is 3.53. The van der Waals surface area contributed by atoms with Crippen molar-refractivity contribution in [3.05, 3.63) is 51.5 Å². The Kier molecular flexibility index (Phi) is 7.54. The molecule has 3 aromatic heterocycles. The number of likely N-dealkylation sites (tertiary alicyclic amines) is 1. The summed E-state index contributed by atoms with van der Waals surface area (Å²) in [5.74, 6) is -2.44. The number of halogens is 3. The van der Waals surface area contributed by atoms with Gasteiger partial charge in [0.25, 0.3) is 11.8 Å². The van der Waals surface area contributed by atoms with Crippen LogP contribution in [0, 0.1) is 0 Å². The van der Waals surface area contributed by atoms with Gasteiger partial charge in [-0.25, -0.2) is 19.9 Å². The fourth-order valence-electron chi connectivity index (χ4n) is 3.78. The number of nitrogens with zero attached hydrogens (tertiary/aromatic N) is 5. The van der Waals surface area contributed by atoms with Crippen LogP contribution in [0.25, 0.3) is 0 Å². The summed E-state index contributed by atoms with van der Waals surface area (Å²) in [5, 5.41) is 14.8. The van der Waals surface area contributed by atoms with Crippen molar-refractivity contribution < 1.29 is 27.9 Å². The van der Waals surface area contributed by atoms with E-state index in [1.54, 1.807) is 6.92 Å². The highest BCUT2D eigenvalue weighted by molar-refractivity contribution is 7.13. The van der Waals surface area contributed by atoms with Crippen molar-refractivity contribution in [3.8, 4) is 5.75 Å². The lowest BCUT2D eigenvalue weighted by Gasteiger charge is -2.18. The highest BCUT2D eigenvalue weighted by Gasteiger charge is 2.34. The van der Waals surface area contributed by atoms with Gasteiger partial charge in [-0.2, -0.15) is 13.2 Å². The van der Waals surface area contributed by atoms with E-state index in [4.69, 9.17) is 5.73 Å². The molecule has 11 nitrogen and oxygen atoms in total. The third kappa shape index (κ3) is 6.11. The van der Waals surface area contributed by atoms with Crippen molar-refractivity contribution in [2.45, 2.75) is 38.5 Å². The Bertz CT molecular complexity index is 1310. The van der Waals surface area contributed by atoms with E-state index < -0.39 is 41.2 Å². The molecule has 2 amide bonds. The monoisotopic (exact) mass is 536 g/mol. The predicted molar refractivity (Wildman–Crippen MR) is 128 cm³/mol. The van der Waals surface area contributed by atoms with Gasteiger partial charge in [0.15, 0.2) is 0 Å². The molecule has 1 fully saturated rings. The first kappa shape index (κ1) is 26.2. The molecular formula is C22H23F3N8O3S. The standard InChI is InChI=1S/C22H23F3N8O3S/c1-11(31-20(36)17-12(18(26)30-10-29-17)9-33-4-2-3-5-33)21-28-8-15(37-21)19(35)32-16-6-13(22(23,24)25)14(34)7-27-16/h6-8,10-11,34H,2-5,9H2,1H3,(H,31,36)(H2,26,29,30)(H,27,32,35). The lowest BCUT2D eigenvalue weighted by Crippen LogP contribution is -2.30. The smallest absolute Gasteiger partial charge is 0.420 e. The number of carbonyl (C=O) groups excluding carboxylic acids is 2. The van der Waals surface area contributed by atoms with Crippen LogP contribution in [0.2, 0.25) is 0 Å². The molecule has 196 valence electrons. The molecule has 5 N–H and O–H groups in total. The number of amides is 2. The van der Waals surface area contributed by atoms with E-state index in [1.807, 2.05) is 0 Å². The number of nitrogen functional groups attached to an aromatic ring is 1. The van der Waals surface area contributed by atoms with Crippen LogP contribution >= 0.6 is 11.3 Å². The summed E-state index contributed by atoms with van der Waals surface area (Å²) in [4.78, 5) is 43.7. The molecule has 0 saturated carbocycles. The van der Waals surface area contributed by atoms with Crippen molar-refractivity contribution >= 4 is 34.8 Å². The molecular weight excluding hydrogens is 513 g/mol. The van der Waals surface area contributed by atoms with Gasteiger partial charge in [0.1, 0.15) is 44.9 Å². The van der Waals surface area contributed by atoms with Gasteiger partial charge in [0, 0.05) is 12.1 Å². The number of hydrogen-bond acceptors (Lipinski definition) is 10. The quantitative estimate of drug-likeness (QED) is 0.356. The van der Waals surface area contributed by atoms with Crippen LogP contribution in [0.4, 0.5) is 24.8 Å². The van der Waals surface area contributed by atoms with Gasteiger partial charge in [0.05, 0.1) is 18.4 Å². The van der Waals surface area contributed by atoms with Crippen molar-refractivity contribution in [2.24, 2.45) is 0 Å². The first-order valence-corrected chi connectivity index (χ1v) is 12.0. The number of rotatable bonds is 7. The minimum atomic E-state index is -4.82. The Hall–Kier alpha value is -3.85. The summed E-state index contributed by atoms with van der Waals surface area (Å²) in [6.07, 6.45) is 0.379. The number of nitrogens with two attached hydrogens (primary N) is 1. The van der Waals surface area contributed by atoms with E-state index in [2.05, 4.69) is 35.5 Å². The third-order valence-electron chi connectivity index (χ3n) is 5.67. The zero-order valence-electron chi connectivity index (χ0n) is 19.5. The number of thiazole rings is 1. The highest BCUT2D eigenvalue weighted by atomic mass is 32.1. The van der Waals surface area contributed by atoms with Crippen LogP contribution < -0.4 is 16.4 Å². The van der Waals surface area contributed by atoms with Crippen molar-refractivity contribution in [2.75, 3.05) is 24.1 Å². The molecule has 15 heteroatoms. The first-order chi connectivity index (χ1) is 17.5. The SMILES string of the molecule is CC(NC(=O)c1ncnc(N)c1CN1CCCC1)c1ncc(C(=O)Nc2cc(C(F)(F)F)c(O)cn2)s1. The molecule has 1 atom stereocenters. The molecule has 1 saturated heterocycles. The largest absolute Gasteiger partial charge is 0.506 e. The molecule has 4 heterocycles. The molecule has 37 heavy (non-hydrogen) atoms. The number of aromatic nitrogens is 4. The summed E-state index contributed by atoms with van der Waals surface area (Å²) in [6.45, 7) is 3.91. The van der Waals surface area contributed by atoms with Crippen LogP contribution in [0.1, 0.15) is 62.1 Å². The average molecular weight is 537 g/mol. The van der Waals surface area contributed by atoms with Gasteiger partial charge >= 0.3 is 6.18 Å². The predicted octanol–water partition coefficient (Wildman–Crippen LogP) is 2.97. The molecule has 1 unspecified atom stereocenters. The van der Waals surface area contributed by atoms with Crippen LogP contribution in [0.15, 0.2) is 24.8 Å². The summed E-state index contributed by atoms with van der Waals surface area (Å²) < 4.78 is 39.0. The van der Waals surface area contributed by atoms with E-state index in [1.165, 1.54) is 12.5 Å². The van der Waals surface area contributed by atoms with Crippen LogP contribution in [0.5, 0.6) is 5.75 Å². The van der Waals surface area contributed by atoms with Gasteiger partial charge < -0.3 is 21.5 Å². The Morgan fingerprint density at radius 3 is 2.59 bits per heavy atom. The number of pyridine rings is 1. The van der Waals surface area contributed by atoms with Crippen molar-refractivity contribution in [3.63, 3.8) is 0 Å². The summed E-state index contributed by atoms with van der Waals surface area (Å²) >= 11 is 0.949. The topological polar surface area (TPSA) is 159 Å². The van der Waals surface area contributed by atoms with Gasteiger partial charge in [-0.3, -0.25) is 14.5 Å². The van der Waals surface area contributed by atoms with Crippen LogP contribution in [-0.2, 0) is 12.7 Å². The molecule has 1 aliphatic heterocycles. The maximum Gasteiger partial charge on any atom is 0.420 e. The molecule has 0 radical (unpaired) electrons. The first-order valence-electron chi connectivity index (χ1n) is 11.2. The number of hydrogen-bond donors (Lipinski definition) is 4. The number of carbonyl (C=O) groups is 2. The summed E-state index contributed by atoms with van der Waals surface area (Å²) in [5.41, 5.74) is 5.39. The Morgan fingerprint density at radius 1 is 1.16 bits per heavy atom. The number of nitrogens with one attached hydrogen (secondary N) is 2. The van der Waals surface area contributed by atoms with E-state index in [0.29, 0.717) is 29.4 Å². The molecule has 0 aliphatic carbocycles. The molecule has 1 aliphatic rings. The molecule has 0 aromatic carbocycles. The fraction of sp³-hybridized carbons (Fsp3) is 0.364. The second-order valence-electron chi connectivity index (χ2n) is 8.37. The Morgan fingerprint density at radius 2 is 1.89 bits per heavy atom. The minimum Gasteiger partial charge on any atom is -0.506 e. The third-order valence-corrected chi connectivity index (χ3v) is 6.85.